The van der Waals surface area contributed by atoms with Crippen molar-refractivity contribution >= 4 is 16.9 Å². The van der Waals surface area contributed by atoms with E-state index in [1.54, 1.807) is 4.90 Å². The van der Waals surface area contributed by atoms with Crippen molar-refractivity contribution in [2.45, 2.75) is 63.5 Å². The van der Waals surface area contributed by atoms with E-state index in [1.807, 2.05) is 40.7 Å². The summed E-state index contributed by atoms with van der Waals surface area (Å²) >= 11 is 0. The maximum absolute atomic E-state index is 12.8. The second-order valence-corrected chi connectivity index (χ2v) is 8.55. The molecule has 0 aliphatic carbocycles. The van der Waals surface area contributed by atoms with E-state index in [0.717, 1.165) is 24.2 Å². The van der Waals surface area contributed by atoms with Crippen molar-refractivity contribution in [1.29, 1.82) is 0 Å². The van der Waals surface area contributed by atoms with Crippen LogP contribution in [0.4, 0.5) is 4.79 Å². The van der Waals surface area contributed by atoms with Crippen LogP contribution in [0.1, 0.15) is 45.0 Å². The highest BCUT2D eigenvalue weighted by atomic mass is 32.2. The van der Waals surface area contributed by atoms with Gasteiger partial charge in [-0.05, 0) is 53.5 Å². The van der Waals surface area contributed by atoms with Crippen LogP contribution in [0.3, 0.4) is 0 Å². The fourth-order valence-corrected chi connectivity index (χ4v) is 4.00. The molecule has 0 N–H and O–H groups in total. The molecule has 6 nitrogen and oxygen atoms in total. The Morgan fingerprint density at radius 1 is 1.30 bits per heavy atom. The number of aryl methyl sites for hydroxylation is 2. The Morgan fingerprint density at radius 3 is 2.48 bits per heavy atom. The third-order valence-corrected chi connectivity index (χ3v) is 5.01. The Morgan fingerprint density at radius 2 is 1.91 bits per heavy atom. The average Bonchev–Trinajstić information content (AvgIpc) is 2.44. The van der Waals surface area contributed by atoms with Crippen molar-refractivity contribution in [3.8, 4) is 0 Å². The van der Waals surface area contributed by atoms with E-state index in [2.05, 4.69) is 9.97 Å². The Labute approximate surface area is 140 Å². The number of aromatic nitrogens is 2. The van der Waals surface area contributed by atoms with Crippen molar-refractivity contribution in [3.05, 3.63) is 17.5 Å². The number of likely N-dealkylation sites (tertiary alicyclic amines) is 1. The fraction of sp³-hybridized carbons (Fsp3) is 0.688. The van der Waals surface area contributed by atoms with Crippen molar-refractivity contribution in [1.82, 2.24) is 14.9 Å². The molecule has 1 aliphatic rings. The first kappa shape index (κ1) is 17.8. The second kappa shape index (κ2) is 6.95. The van der Waals surface area contributed by atoms with Gasteiger partial charge in [0.2, 0.25) is 5.16 Å². The summed E-state index contributed by atoms with van der Waals surface area (Å²) in [6, 6.07) is 1.86. The standard InChI is InChI=1S/C16H25N3O3S/c1-11-9-12(2)18-14(17-11)23(21)13-7-6-8-19(10-13)15(20)22-16(3,4)5/h9,13H,6-8,10H2,1-5H3. The topological polar surface area (TPSA) is 72.4 Å². The predicted molar refractivity (Wildman–Crippen MR) is 88.7 cm³/mol. The number of amides is 1. The van der Waals surface area contributed by atoms with Crippen molar-refractivity contribution < 1.29 is 13.7 Å². The molecule has 128 valence electrons. The van der Waals surface area contributed by atoms with Crippen molar-refractivity contribution in [3.63, 3.8) is 0 Å². The summed E-state index contributed by atoms with van der Waals surface area (Å²) in [6.07, 6.45) is 1.25. The molecule has 7 heteroatoms. The molecular formula is C16H25N3O3S. The van der Waals surface area contributed by atoms with Crippen LogP contribution < -0.4 is 0 Å². The fourth-order valence-electron chi connectivity index (χ4n) is 2.54. The van der Waals surface area contributed by atoms with Crippen LogP contribution in [-0.4, -0.2) is 49.1 Å². The van der Waals surface area contributed by atoms with Gasteiger partial charge in [0.25, 0.3) is 0 Å². The summed E-state index contributed by atoms with van der Waals surface area (Å²) in [5.41, 5.74) is 1.08. The van der Waals surface area contributed by atoms with Gasteiger partial charge in [0, 0.05) is 24.5 Å². The normalized spacial score (nSPS) is 20.2. The van der Waals surface area contributed by atoms with Crippen LogP contribution in [0, 0.1) is 13.8 Å². The van der Waals surface area contributed by atoms with Crippen LogP contribution in [0.15, 0.2) is 11.2 Å². The third-order valence-electron chi connectivity index (χ3n) is 3.47. The molecule has 2 heterocycles. The molecule has 0 spiro atoms. The number of hydrogen-bond donors (Lipinski definition) is 0. The molecule has 1 aliphatic heterocycles. The molecule has 0 aromatic carbocycles. The third kappa shape index (κ3) is 4.99. The van der Waals surface area contributed by atoms with E-state index in [0.29, 0.717) is 18.2 Å². The van der Waals surface area contributed by atoms with Gasteiger partial charge in [0.15, 0.2) is 0 Å². The molecule has 0 radical (unpaired) electrons. The molecule has 1 amide bonds. The van der Waals surface area contributed by atoms with E-state index < -0.39 is 16.4 Å². The Bertz CT molecular complexity index is 593. The Balaban J connectivity index is 2.08. The number of ether oxygens (including phenoxy) is 1. The SMILES string of the molecule is Cc1cc(C)nc(S(=O)C2CCCN(C(=O)OC(C)(C)C)C2)n1. The quantitative estimate of drug-likeness (QED) is 0.775. The van der Waals surface area contributed by atoms with E-state index in [9.17, 15) is 9.00 Å². The van der Waals surface area contributed by atoms with Crippen LogP contribution in [0.2, 0.25) is 0 Å². The van der Waals surface area contributed by atoms with Crippen LogP contribution in [-0.2, 0) is 15.5 Å². The molecule has 1 aromatic rings. The van der Waals surface area contributed by atoms with E-state index in [-0.39, 0.29) is 11.3 Å². The zero-order valence-corrected chi connectivity index (χ0v) is 15.3. The molecule has 2 unspecified atom stereocenters. The molecule has 2 atom stereocenters. The lowest BCUT2D eigenvalue weighted by Gasteiger charge is -2.33. The minimum Gasteiger partial charge on any atom is -0.444 e. The monoisotopic (exact) mass is 339 g/mol. The summed E-state index contributed by atoms with van der Waals surface area (Å²) in [4.78, 5) is 22.4. The van der Waals surface area contributed by atoms with Crippen LogP contribution >= 0.6 is 0 Å². The summed E-state index contributed by atoms with van der Waals surface area (Å²) < 4.78 is 18.2. The van der Waals surface area contributed by atoms with Gasteiger partial charge < -0.3 is 9.64 Å². The van der Waals surface area contributed by atoms with Gasteiger partial charge >= 0.3 is 6.09 Å². The lowest BCUT2D eigenvalue weighted by Crippen LogP contribution is -2.46. The summed E-state index contributed by atoms with van der Waals surface area (Å²) in [7, 11) is -1.32. The van der Waals surface area contributed by atoms with Crippen molar-refractivity contribution in [2.24, 2.45) is 0 Å². The summed E-state index contributed by atoms with van der Waals surface area (Å²) in [6.45, 7) is 10.3. The van der Waals surface area contributed by atoms with Gasteiger partial charge in [-0.1, -0.05) is 0 Å². The first-order valence-electron chi connectivity index (χ1n) is 7.86. The van der Waals surface area contributed by atoms with Crippen molar-refractivity contribution in [2.75, 3.05) is 13.1 Å². The van der Waals surface area contributed by atoms with Gasteiger partial charge in [-0.2, -0.15) is 0 Å². The van der Waals surface area contributed by atoms with E-state index in [1.165, 1.54) is 0 Å². The molecule has 1 fully saturated rings. The van der Waals surface area contributed by atoms with Gasteiger partial charge in [0.05, 0.1) is 16.0 Å². The molecule has 0 bridgehead atoms. The number of carbonyl (C=O) groups is 1. The summed E-state index contributed by atoms with van der Waals surface area (Å²) in [5.74, 6) is 0. The first-order valence-corrected chi connectivity index (χ1v) is 9.08. The molecular weight excluding hydrogens is 314 g/mol. The number of rotatable bonds is 2. The molecule has 1 aromatic heterocycles. The van der Waals surface area contributed by atoms with E-state index >= 15 is 0 Å². The minimum absolute atomic E-state index is 0.155. The average molecular weight is 339 g/mol. The zero-order valence-electron chi connectivity index (χ0n) is 14.5. The molecule has 2 rings (SSSR count). The Kier molecular flexibility index (Phi) is 5.39. The maximum atomic E-state index is 12.8. The van der Waals surface area contributed by atoms with Gasteiger partial charge in [0.1, 0.15) is 5.60 Å². The number of hydrogen-bond acceptors (Lipinski definition) is 5. The lowest BCUT2D eigenvalue weighted by molar-refractivity contribution is 0.0219. The smallest absolute Gasteiger partial charge is 0.410 e. The Hall–Kier alpha value is -1.50. The number of carbonyl (C=O) groups excluding carboxylic acids is 1. The predicted octanol–water partition coefficient (Wildman–Crippen LogP) is 2.60. The highest BCUT2D eigenvalue weighted by Crippen LogP contribution is 2.21. The molecule has 1 saturated heterocycles. The molecule has 0 saturated carbocycles. The summed E-state index contributed by atoms with van der Waals surface area (Å²) in [5, 5.41) is 0.205. The van der Waals surface area contributed by atoms with E-state index in [4.69, 9.17) is 4.74 Å². The number of nitrogens with zero attached hydrogens (tertiary/aromatic N) is 3. The minimum atomic E-state index is -1.32. The zero-order chi connectivity index (χ0) is 17.2. The lowest BCUT2D eigenvalue weighted by atomic mass is 10.1. The van der Waals surface area contributed by atoms with Crippen LogP contribution in [0.25, 0.3) is 0 Å². The van der Waals surface area contributed by atoms with Crippen LogP contribution in [0.5, 0.6) is 0 Å². The first-order chi connectivity index (χ1) is 10.7. The number of piperidine rings is 1. The highest BCUT2D eigenvalue weighted by Gasteiger charge is 2.31. The molecule has 23 heavy (non-hydrogen) atoms. The second-order valence-electron chi connectivity index (χ2n) is 6.92. The van der Waals surface area contributed by atoms with Gasteiger partial charge in [-0.3, -0.25) is 4.21 Å². The highest BCUT2D eigenvalue weighted by molar-refractivity contribution is 7.85. The largest absolute Gasteiger partial charge is 0.444 e. The van der Waals surface area contributed by atoms with Gasteiger partial charge in [-0.25, -0.2) is 14.8 Å². The maximum Gasteiger partial charge on any atom is 0.410 e. The van der Waals surface area contributed by atoms with Gasteiger partial charge in [-0.15, -0.1) is 0 Å².